The van der Waals surface area contributed by atoms with E-state index in [1.165, 1.54) is 12.1 Å². The van der Waals surface area contributed by atoms with Crippen LogP contribution >= 0.6 is 0 Å². The molecule has 1 aliphatic carbocycles. The van der Waals surface area contributed by atoms with E-state index in [2.05, 4.69) is 4.72 Å². The molecule has 0 atom stereocenters. The molecule has 2 aromatic carbocycles. The van der Waals surface area contributed by atoms with Gasteiger partial charge in [0, 0.05) is 30.8 Å². The largest absolute Gasteiger partial charge is 0.486 e. The van der Waals surface area contributed by atoms with E-state index in [0.29, 0.717) is 36.9 Å². The minimum absolute atomic E-state index is 0.116. The van der Waals surface area contributed by atoms with Gasteiger partial charge in [0.05, 0.1) is 4.90 Å². The van der Waals surface area contributed by atoms with Crippen LogP contribution in [0.3, 0.4) is 0 Å². The third kappa shape index (κ3) is 3.64. The summed E-state index contributed by atoms with van der Waals surface area (Å²) in [6.45, 7) is 2.10. The van der Waals surface area contributed by atoms with Gasteiger partial charge in [-0.2, -0.15) is 0 Å². The number of benzene rings is 2. The number of hydrogen-bond acceptors (Lipinski definition) is 5. The summed E-state index contributed by atoms with van der Waals surface area (Å²) in [6.07, 6.45) is 2.76. The lowest BCUT2D eigenvalue weighted by molar-refractivity contribution is -0.133. The Bertz CT molecular complexity index is 1080. The summed E-state index contributed by atoms with van der Waals surface area (Å²) in [5.41, 5.74) is 2.64. The highest BCUT2D eigenvalue weighted by molar-refractivity contribution is 7.92. The molecule has 2 aliphatic heterocycles. The van der Waals surface area contributed by atoms with Crippen molar-refractivity contribution < 1.29 is 22.7 Å². The van der Waals surface area contributed by atoms with Gasteiger partial charge in [-0.3, -0.25) is 9.52 Å². The van der Waals surface area contributed by atoms with Gasteiger partial charge in [0.15, 0.2) is 11.5 Å². The average Bonchev–Trinajstić information content (AvgIpc) is 3.57. The van der Waals surface area contributed by atoms with Gasteiger partial charge in [-0.05, 0) is 54.7 Å². The Morgan fingerprint density at radius 1 is 1.00 bits per heavy atom. The van der Waals surface area contributed by atoms with E-state index < -0.39 is 10.0 Å². The Morgan fingerprint density at radius 3 is 2.59 bits per heavy atom. The molecular weight excluding hydrogens is 392 g/mol. The van der Waals surface area contributed by atoms with Crippen LogP contribution in [-0.4, -0.2) is 39.0 Å². The molecule has 5 rings (SSSR count). The molecule has 1 saturated carbocycles. The molecular formula is C21H22N2O5S. The number of ether oxygens (including phenoxy) is 2. The molecule has 0 unspecified atom stereocenters. The fraction of sp³-hybridized carbons (Fsp3) is 0.381. The molecule has 2 heterocycles. The van der Waals surface area contributed by atoms with E-state index in [4.69, 9.17) is 9.47 Å². The maximum Gasteiger partial charge on any atom is 0.262 e. The van der Waals surface area contributed by atoms with Gasteiger partial charge in [-0.1, -0.05) is 6.07 Å². The minimum Gasteiger partial charge on any atom is -0.486 e. The Labute approximate surface area is 169 Å². The van der Waals surface area contributed by atoms with Crippen LogP contribution in [0.25, 0.3) is 0 Å². The van der Waals surface area contributed by atoms with E-state index >= 15 is 0 Å². The van der Waals surface area contributed by atoms with Gasteiger partial charge in [-0.25, -0.2) is 8.42 Å². The summed E-state index contributed by atoms with van der Waals surface area (Å²) in [6, 6.07) is 10.1. The molecule has 0 radical (unpaired) electrons. The van der Waals surface area contributed by atoms with E-state index in [1.807, 2.05) is 17.0 Å². The highest BCUT2D eigenvalue weighted by Gasteiger charge is 2.34. The highest BCUT2D eigenvalue weighted by Crippen LogP contribution is 2.34. The molecule has 8 heteroatoms. The average molecular weight is 414 g/mol. The van der Waals surface area contributed by atoms with Crippen LogP contribution in [0, 0.1) is 5.92 Å². The first-order valence-electron chi connectivity index (χ1n) is 9.83. The Hall–Kier alpha value is -2.74. The second-order valence-electron chi connectivity index (χ2n) is 7.68. The van der Waals surface area contributed by atoms with Gasteiger partial charge >= 0.3 is 0 Å². The molecule has 0 bridgehead atoms. The summed E-state index contributed by atoms with van der Waals surface area (Å²) < 4.78 is 39.3. The van der Waals surface area contributed by atoms with Crippen molar-refractivity contribution in [3.8, 4) is 11.5 Å². The molecule has 1 amide bonds. The van der Waals surface area contributed by atoms with Crippen molar-refractivity contribution in [2.75, 3.05) is 24.5 Å². The number of carbonyl (C=O) groups excluding carboxylic acids is 1. The van der Waals surface area contributed by atoms with Crippen LogP contribution < -0.4 is 14.2 Å². The monoisotopic (exact) mass is 414 g/mol. The number of fused-ring (bicyclic) bond motifs is 2. The van der Waals surface area contributed by atoms with Crippen LogP contribution in [0.1, 0.15) is 24.0 Å². The molecule has 7 nitrogen and oxygen atoms in total. The van der Waals surface area contributed by atoms with Gasteiger partial charge in [0.25, 0.3) is 10.0 Å². The fourth-order valence-corrected chi connectivity index (χ4v) is 4.87. The smallest absolute Gasteiger partial charge is 0.262 e. The summed E-state index contributed by atoms with van der Waals surface area (Å²) in [5.74, 6) is 1.38. The first-order valence-corrected chi connectivity index (χ1v) is 11.3. The second kappa shape index (κ2) is 6.95. The number of anilines is 1. The molecule has 0 aromatic heterocycles. The van der Waals surface area contributed by atoms with Crippen LogP contribution in [0.2, 0.25) is 0 Å². The van der Waals surface area contributed by atoms with E-state index in [1.54, 1.807) is 12.1 Å². The predicted molar refractivity (Wildman–Crippen MR) is 107 cm³/mol. The zero-order chi connectivity index (χ0) is 20.0. The van der Waals surface area contributed by atoms with Crippen molar-refractivity contribution in [2.24, 2.45) is 5.92 Å². The molecule has 152 valence electrons. The maximum atomic E-state index is 12.9. The van der Waals surface area contributed by atoms with Crippen molar-refractivity contribution in [3.05, 3.63) is 47.5 Å². The zero-order valence-corrected chi connectivity index (χ0v) is 16.7. The second-order valence-corrected chi connectivity index (χ2v) is 9.36. The third-order valence-electron chi connectivity index (χ3n) is 5.53. The number of amides is 1. The number of hydrogen-bond donors (Lipinski definition) is 1. The number of sulfonamides is 1. The van der Waals surface area contributed by atoms with Crippen molar-refractivity contribution in [3.63, 3.8) is 0 Å². The molecule has 1 N–H and O–H groups in total. The highest BCUT2D eigenvalue weighted by atomic mass is 32.2. The number of rotatable bonds is 4. The van der Waals surface area contributed by atoms with Crippen molar-refractivity contribution >= 4 is 21.6 Å². The zero-order valence-electron chi connectivity index (χ0n) is 15.9. The van der Waals surface area contributed by atoms with Crippen LogP contribution in [0.5, 0.6) is 11.5 Å². The lowest BCUT2D eigenvalue weighted by Gasteiger charge is -2.29. The normalized spacial score (nSPS) is 18.1. The molecule has 0 spiro atoms. The SMILES string of the molecule is O=C(C1CC1)N1CCc2ccc(NS(=O)(=O)c3ccc4c(c3)OCCO4)cc2C1. The fourth-order valence-electron chi connectivity index (χ4n) is 3.80. The van der Waals surface area contributed by atoms with Crippen LogP contribution in [-0.2, 0) is 27.8 Å². The van der Waals surface area contributed by atoms with Crippen molar-refractivity contribution in [2.45, 2.75) is 30.7 Å². The molecule has 0 saturated heterocycles. The number of carbonyl (C=O) groups is 1. The van der Waals surface area contributed by atoms with Crippen LogP contribution in [0.15, 0.2) is 41.3 Å². The Morgan fingerprint density at radius 2 is 1.79 bits per heavy atom. The summed E-state index contributed by atoms with van der Waals surface area (Å²) >= 11 is 0. The number of nitrogens with one attached hydrogen (secondary N) is 1. The topological polar surface area (TPSA) is 84.9 Å². The lowest BCUT2D eigenvalue weighted by atomic mass is 9.99. The first-order chi connectivity index (χ1) is 14.0. The number of nitrogens with zero attached hydrogens (tertiary/aromatic N) is 1. The van der Waals surface area contributed by atoms with Gasteiger partial charge in [0.2, 0.25) is 5.91 Å². The third-order valence-corrected chi connectivity index (χ3v) is 6.91. The minimum atomic E-state index is -3.77. The first kappa shape index (κ1) is 18.3. The molecule has 1 fully saturated rings. The standard InChI is InChI=1S/C21H22N2O5S/c24-21(15-1-2-15)23-8-7-14-3-4-17(11-16(14)13-23)22-29(25,26)18-5-6-19-20(12-18)28-10-9-27-19/h3-6,11-12,15,22H,1-2,7-10,13H2. The van der Waals surface area contributed by atoms with Crippen molar-refractivity contribution in [1.82, 2.24) is 4.90 Å². The predicted octanol–water partition coefficient (Wildman–Crippen LogP) is 2.55. The van der Waals surface area contributed by atoms with Crippen LogP contribution in [0.4, 0.5) is 5.69 Å². The Kier molecular flexibility index (Phi) is 4.38. The lowest BCUT2D eigenvalue weighted by Crippen LogP contribution is -2.36. The Balaban J connectivity index is 1.36. The maximum absolute atomic E-state index is 12.9. The molecule has 29 heavy (non-hydrogen) atoms. The van der Waals surface area contributed by atoms with Gasteiger partial charge in [-0.15, -0.1) is 0 Å². The van der Waals surface area contributed by atoms with Gasteiger partial charge in [0.1, 0.15) is 13.2 Å². The summed E-state index contributed by atoms with van der Waals surface area (Å²) in [5, 5.41) is 0. The summed E-state index contributed by atoms with van der Waals surface area (Å²) in [7, 11) is -3.77. The van der Waals surface area contributed by atoms with Crippen molar-refractivity contribution in [1.29, 1.82) is 0 Å². The van der Waals surface area contributed by atoms with E-state index in [-0.39, 0.29) is 16.7 Å². The summed E-state index contributed by atoms with van der Waals surface area (Å²) in [4.78, 5) is 14.4. The van der Waals surface area contributed by atoms with E-state index in [0.717, 1.165) is 36.9 Å². The molecule has 3 aliphatic rings. The quantitative estimate of drug-likeness (QED) is 0.831. The molecule has 2 aromatic rings. The van der Waals surface area contributed by atoms with E-state index in [9.17, 15) is 13.2 Å². The van der Waals surface area contributed by atoms with Gasteiger partial charge < -0.3 is 14.4 Å².